The molecule has 0 rings (SSSR count). The summed E-state index contributed by atoms with van der Waals surface area (Å²) < 4.78 is 13.5. The van der Waals surface area contributed by atoms with Crippen molar-refractivity contribution in [2.45, 2.75) is 60.6 Å². The van der Waals surface area contributed by atoms with Crippen molar-refractivity contribution in [3.05, 3.63) is 0 Å². The molecule has 0 N–H and O–H groups in total. The molecule has 0 spiro atoms. The molecule has 0 saturated carbocycles. The maximum Gasteiger partial charge on any atom is 0.105 e. The summed E-state index contributed by atoms with van der Waals surface area (Å²) in [6, 6.07) is 0. The van der Waals surface area contributed by atoms with Crippen LogP contribution in [0, 0.1) is 17.3 Å². The second-order valence-corrected chi connectivity index (χ2v) is 6.14. The fourth-order valence-corrected chi connectivity index (χ4v) is 2.06. The lowest BCUT2D eigenvalue weighted by Gasteiger charge is -2.36. The molecule has 0 nitrogen and oxygen atoms in total. The van der Waals surface area contributed by atoms with Crippen LogP contribution in [0.5, 0.6) is 0 Å². The third-order valence-corrected chi connectivity index (χ3v) is 2.62. The van der Waals surface area contributed by atoms with Gasteiger partial charge in [0.1, 0.15) is 5.67 Å². The maximum atomic E-state index is 13.5. The maximum absolute atomic E-state index is 13.5. The largest absolute Gasteiger partial charge is 0.244 e. The zero-order valence-electron chi connectivity index (χ0n) is 10.2. The SMILES string of the molecule is CC(C)C(CC(C)(C)F)C(C)(C)C. The quantitative estimate of drug-likeness (QED) is 0.614. The minimum atomic E-state index is -1.04. The van der Waals surface area contributed by atoms with Gasteiger partial charge in [-0.25, -0.2) is 4.39 Å². The summed E-state index contributed by atoms with van der Waals surface area (Å²) in [5.41, 5.74) is -0.834. The molecule has 1 atom stereocenters. The summed E-state index contributed by atoms with van der Waals surface area (Å²) in [7, 11) is 0. The average Bonchev–Trinajstić information content (AvgIpc) is 1.77. The number of rotatable bonds is 3. The highest BCUT2D eigenvalue weighted by Crippen LogP contribution is 2.38. The van der Waals surface area contributed by atoms with Gasteiger partial charge < -0.3 is 0 Å². The molecule has 1 heteroatoms. The Bertz CT molecular complexity index is 145. The van der Waals surface area contributed by atoms with Crippen molar-refractivity contribution in [3.8, 4) is 0 Å². The number of hydrogen-bond donors (Lipinski definition) is 0. The van der Waals surface area contributed by atoms with Gasteiger partial charge >= 0.3 is 0 Å². The summed E-state index contributed by atoms with van der Waals surface area (Å²) in [4.78, 5) is 0. The highest BCUT2D eigenvalue weighted by atomic mass is 19.1. The van der Waals surface area contributed by atoms with Gasteiger partial charge in [0, 0.05) is 0 Å². The molecule has 0 amide bonds. The first-order chi connectivity index (χ1) is 5.54. The summed E-state index contributed by atoms with van der Waals surface area (Å²) in [6.07, 6.45) is 0.661. The van der Waals surface area contributed by atoms with E-state index in [0.717, 1.165) is 0 Å². The molecule has 0 aromatic carbocycles. The zero-order valence-corrected chi connectivity index (χ0v) is 10.2. The van der Waals surface area contributed by atoms with Crippen LogP contribution in [0.3, 0.4) is 0 Å². The molecule has 0 fully saturated rings. The highest BCUT2D eigenvalue weighted by molar-refractivity contribution is 4.82. The van der Waals surface area contributed by atoms with Crippen LogP contribution < -0.4 is 0 Å². The molecule has 80 valence electrons. The van der Waals surface area contributed by atoms with Crippen molar-refractivity contribution < 1.29 is 4.39 Å². The molecule has 0 radical (unpaired) electrons. The lowest BCUT2D eigenvalue weighted by molar-refractivity contribution is 0.0816. The Hall–Kier alpha value is -0.0700. The van der Waals surface area contributed by atoms with E-state index in [0.29, 0.717) is 18.3 Å². The summed E-state index contributed by atoms with van der Waals surface area (Å²) in [6.45, 7) is 14.3. The Balaban J connectivity index is 4.47. The molecule has 0 aliphatic heterocycles. The van der Waals surface area contributed by atoms with E-state index in [1.54, 1.807) is 13.8 Å². The minimum absolute atomic E-state index is 0.206. The molecule has 0 aromatic heterocycles. The molecule has 0 aromatic rings. The van der Waals surface area contributed by atoms with Crippen molar-refractivity contribution >= 4 is 0 Å². The average molecular weight is 188 g/mol. The number of hydrogen-bond acceptors (Lipinski definition) is 0. The van der Waals surface area contributed by atoms with Gasteiger partial charge in [-0.1, -0.05) is 34.6 Å². The topological polar surface area (TPSA) is 0 Å². The molecule has 0 aliphatic carbocycles. The normalized spacial score (nSPS) is 16.4. The second-order valence-electron chi connectivity index (χ2n) is 6.14. The first-order valence-corrected chi connectivity index (χ1v) is 5.23. The van der Waals surface area contributed by atoms with Crippen LogP contribution in [0.4, 0.5) is 4.39 Å². The van der Waals surface area contributed by atoms with Gasteiger partial charge in [0.15, 0.2) is 0 Å². The standard InChI is InChI=1S/C12H25F/c1-9(2)10(11(3,4)5)8-12(6,7)13/h9-10H,8H2,1-7H3. The van der Waals surface area contributed by atoms with Gasteiger partial charge in [-0.15, -0.1) is 0 Å². The second kappa shape index (κ2) is 3.98. The monoisotopic (exact) mass is 188 g/mol. The number of halogens is 1. The van der Waals surface area contributed by atoms with Crippen LogP contribution in [0.25, 0.3) is 0 Å². The van der Waals surface area contributed by atoms with Crippen LogP contribution in [-0.4, -0.2) is 5.67 Å². The lowest BCUT2D eigenvalue weighted by atomic mass is 9.70. The van der Waals surface area contributed by atoms with E-state index in [2.05, 4.69) is 34.6 Å². The van der Waals surface area contributed by atoms with E-state index in [1.165, 1.54) is 0 Å². The summed E-state index contributed by atoms with van der Waals surface area (Å²) in [5.74, 6) is 1.00. The van der Waals surface area contributed by atoms with Crippen molar-refractivity contribution in [1.29, 1.82) is 0 Å². The Morgan fingerprint density at radius 1 is 1.00 bits per heavy atom. The fourth-order valence-electron chi connectivity index (χ4n) is 2.06. The third-order valence-electron chi connectivity index (χ3n) is 2.62. The zero-order chi connectivity index (χ0) is 10.9. The molecule has 0 saturated heterocycles. The van der Waals surface area contributed by atoms with Crippen molar-refractivity contribution in [3.63, 3.8) is 0 Å². The van der Waals surface area contributed by atoms with Crippen LogP contribution >= 0.6 is 0 Å². The predicted molar refractivity (Wildman–Crippen MR) is 57.6 cm³/mol. The molecule has 0 aliphatic rings. The Kier molecular flexibility index (Phi) is 3.96. The van der Waals surface area contributed by atoms with Gasteiger partial charge in [-0.2, -0.15) is 0 Å². The Morgan fingerprint density at radius 3 is 1.46 bits per heavy atom. The molecule has 1 unspecified atom stereocenters. The van der Waals surface area contributed by atoms with E-state index in [9.17, 15) is 4.39 Å². The van der Waals surface area contributed by atoms with Crippen molar-refractivity contribution in [1.82, 2.24) is 0 Å². The number of alkyl halides is 1. The summed E-state index contributed by atoms with van der Waals surface area (Å²) >= 11 is 0. The molecule has 13 heavy (non-hydrogen) atoms. The van der Waals surface area contributed by atoms with Gasteiger partial charge in [0.05, 0.1) is 0 Å². The lowest BCUT2D eigenvalue weighted by Crippen LogP contribution is -2.31. The Morgan fingerprint density at radius 2 is 1.38 bits per heavy atom. The van der Waals surface area contributed by atoms with Crippen LogP contribution in [0.1, 0.15) is 54.9 Å². The first-order valence-electron chi connectivity index (χ1n) is 5.23. The van der Waals surface area contributed by atoms with Gasteiger partial charge in [0.2, 0.25) is 0 Å². The minimum Gasteiger partial charge on any atom is -0.244 e. The fraction of sp³-hybridized carbons (Fsp3) is 1.00. The Labute approximate surface area is 82.9 Å². The van der Waals surface area contributed by atoms with Crippen LogP contribution in [0.2, 0.25) is 0 Å². The van der Waals surface area contributed by atoms with Crippen LogP contribution in [0.15, 0.2) is 0 Å². The van der Waals surface area contributed by atoms with E-state index in [1.807, 2.05) is 0 Å². The molecule has 0 bridgehead atoms. The van der Waals surface area contributed by atoms with Gasteiger partial charge in [-0.05, 0) is 37.5 Å². The smallest absolute Gasteiger partial charge is 0.105 e. The molecular weight excluding hydrogens is 163 g/mol. The predicted octanol–water partition coefficient (Wildman–Crippen LogP) is 4.44. The summed E-state index contributed by atoms with van der Waals surface area (Å²) in [5, 5.41) is 0. The molecule has 0 heterocycles. The van der Waals surface area contributed by atoms with Gasteiger partial charge in [-0.3, -0.25) is 0 Å². The van der Waals surface area contributed by atoms with E-state index >= 15 is 0 Å². The first kappa shape index (κ1) is 12.9. The third kappa shape index (κ3) is 5.28. The van der Waals surface area contributed by atoms with Crippen LogP contribution in [-0.2, 0) is 0 Å². The molecular formula is C12H25F. The van der Waals surface area contributed by atoms with E-state index in [-0.39, 0.29) is 5.41 Å². The highest BCUT2D eigenvalue weighted by Gasteiger charge is 2.32. The van der Waals surface area contributed by atoms with Crippen molar-refractivity contribution in [2.24, 2.45) is 17.3 Å². The van der Waals surface area contributed by atoms with E-state index in [4.69, 9.17) is 0 Å². The van der Waals surface area contributed by atoms with Crippen molar-refractivity contribution in [2.75, 3.05) is 0 Å². The van der Waals surface area contributed by atoms with Gasteiger partial charge in [0.25, 0.3) is 0 Å². The van der Waals surface area contributed by atoms with E-state index < -0.39 is 5.67 Å².